The lowest BCUT2D eigenvalue weighted by atomic mass is 10.1. The van der Waals surface area contributed by atoms with Gasteiger partial charge in [0.15, 0.2) is 18.1 Å². The summed E-state index contributed by atoms with van der Waals surface area (Å²) in [7, 11) is 1.47. The summed E-state index contributed by atoms with van der Waals surface area (Å²) in [6.45, 7) is 1.97. The molecule has 0 aliphatic rings. The van der Waals surface area contributed by atoms with Gasteiger partial charge in [-0.1, -0.05) is 19.4 Å². The van der Waals surface area contributed by atoms with Crippen molar-refractivity contribution < 1.29 is 19.4 Å². The van der Waals surface area contributed by atoms with E-state index in [0.717, 1.165) is 17.3 Å². The van der Waals surface area contributed by atoms with E-state index in [0.29, 0.717) is 17.1 Å². The quantitative estimate of drug-likeness (QED) is 0.504. The number of carbonyl (C=O) groups excluding carboxylic acids is 1. The summed E-state index contributed by atoms with van der Waals surface area (Å²) in [5.41, 5.74) is 4.21. The predicted molar refractivity (Wildman–Crippen MR) is 104 cm³/mol. The normalized spacial score (nSPS) is 10.7. The highest BCUT2D eigenvalue weighted by Gasteiger charge is 2.06. The number of hydrogen-bond acceptors (Lipinski definition) is 5. The van der Waals surface area contributed by atoms with Crippen LogP contribution in [0.5, 0.6) is 17.2 Å². The third kappa shape index (κ3) is 5.77. The summed E-state index contributed by atoms with van der Waals surface area (Å²) in [5.74, 6) is 0.588. The predicted octanol–water partition coefficient (Wildman–Crippen LogP) is 3.64. The lowest BCUT2D eigenvalue weighted by Gasteiger charge is -2.08. The summed E-state index contributed by atoms with van der Waals surface area (Å²) in [4.78, 5) is 11.8. The molecule has 0 aliphatic carbocycles. The highest BCUT2D eigenvalue weighted by Crippen LogP contribution is 2.27. The Morgan fingerprint density at radius 3 is 2.69 bits per heavy atom. The van der Waals surface area contributed by atoms with E-state index in [-0.39, 0.29) is 18.3 Å². The van der Waals surface area contributed by atoms with Crippen molar-refractivity contribution in [1.29, 1.82) is 0 Å². The van der Waals surface area contributed by atoms with E-state index >= 15 is 0 Å². The second-order valence-corrected chi connectivity index (χ2v) is 6.38. The minimum absolute atomic E-state index is 0.00230. The molecule has 0 unspecified atom stereocenters. The van der Waals surface area contributed by atoms with E-state index in [2.05, 4.69) is 33.4 Å². The Kier molecular flexibility index (Phi) is 7.47. The Morgan fingerprint density at radius 2 is 2.04 bits per heavy atom. The third-order valence-electron chi connectivity index (χ3n) is 3.50. The number of phenols is 1. The number of amides is 1. The largest absolute Gasteiger partial charge is 0.504 e. The molecule has 7 heteroatoms. The maximum Gasteiger partial charge on any atom is 0.277 e. The van der Waals surface area contributed by atoms with Gasteiger partial charge in [-0.2, -0.15) is 5.10 Å². The first-order chi connectivity index (χ1) is 12.5. The van der Waals surface area contributed by atoms with Crippen molar-refractivity contribution >= 4 is 28.1 Å². The average molecular weight is 421 g/mol. The van der Waals surface area contributed by atoms with Crippen LogP contribution in [0.2, 0.25) is 0 Å². The number of carbonyl (C=O) groups is 1. The van der Waals surface area contributed by atoms with Crippen LogP contribution in [0.4, 0.5) is 0 Å². The highest BCUT2D eigenvalue weighted by atomic mass is 79.9. The molecule has 2 N–H and O–H groups in total. The molecule has 0 spiro atoms. The average Bonchev–Trinajstić information content (AvgIpc) is 2.61. The summed E-state index contributed by atoms with van der Waals surface area (Å²) in [6.07, 6.45) is 3.49. The fourth-order valence-corrected chi connectivity index (χ4v) is 2.79. The molecule has 0 aliphatic heterocycles. The molecular weight excluding hydrogens is 400 g/mol. The zero-order valence-electron chi connectivity index (χ0n) is 14.7. The number of benzene rings is 2. The van der Waals surface area contributed by atoms with Crippen LogP contribution >= 0.6 is 15.9 Å². The molecule has 0 atom stereocenters. The minimum atomic E-state index is -0.386. The van der Waals surface area contributed by atoms with Gasteiger partial charge in [-0.05, 0) is 63.8 Å². The van der Waals surface area contributed by atoms with E-state index in [1.54, 1.807) is 12.1 Å². The number of nitrogens with zero attached hydrogens (tertiary/aromatic N) is 1. The number of nitrogens with one attached hydrogen (secondary N) is 1. The summed E-state index contributed by atoms with van der Waals surface area (Å²) in [5, 5.41) is 13.5. The first-order valence-electron chi connectivity index (χ1n) is 8.13. The van der Waals surface area contributed by atoms with Crippen LogP contribution in [-0.2, 0) is 11.2 Å². The van der Waals surface area contributed by atoms with Crippen molar-refractivity contribution in [2.75, 3.05) is 13.7 Å². The van der Waals surface area contributed by atoms with Crippen molar-refractivity contribution in [1.82, 2.24) is 5.43 Å². The van der Waals surface area contributed by atoms with Gasteiger partial charge in [0, 0.05) is 0 Å². The van der Waals surface area contributed by atoms with Gasteiger partial charge >= 0.3 is 0 Å². The van der Waals surface area contributed by atoms with Gasteiger partial charge in [0.2, 0.25) is 0 Å². The lowest BCUT2D eigenvalue weighted by molar-refractivity contribution is -0.123. The Hall–Kier alpha value is -2.54. The molecule has 0 saturated heterocycles. The molecule has 0 radical (unpaired) electrons. The second-order valence-electron chi connectivity index (χ2n) is 5.53. The molecule has 0 fully saturated rings. The van der Waals surface area contributed by atoms with E-state index in [4.69, 9.17) is 9.47 Å². The fourth-order valence-electron chi connectivity index (χ4n) is 2.25. The first-order valence-corrected chi connectivity index (χ1v) is 8.93. The van der Waals surface area contributed by atoms with Gasteiger partial charge in [0.1, 0.15) is 5.75 Å². The molecule has 1 amide bonds. The SMILES string of the molecule is CCCc1ccc(OCC(=O)N/N=C/c2ccc(OC)c(O)c2)c(Br)c1. The van der Waals surface area contributed by atoms with E-state index < -0.39 is 0 Å². The number of methoxy groups -OCH3 is 1. The van der Waals surface area contributed by atoms with Gasteiger partial charge in [-0.25, -0.2) is 5.43 Å². The Balaban J connectivity index is 1.84. The minimum Gasteiger partial charge on any atom is -0.504 e. The number of hydrazone groups is 1. The van der Waals surface area contributed by atoms with Gasteiger partial charge in [0.05, 0.1) is 17.8 Å². The molecule has 0 heterocycles. The zero-order chi connectivity index (χ0) is 18.9. The lowest BCUT2D eigenvalue weighted by Crippen LogP contribution is -2.24. The van der Waals surface area contributed by atoms with Crippen LogP contribution in [0, 0.1) is 0 Å². The summed E-state index contributed by atoms with van der Waals surface area (Å²) in [6, 6.07) is 10.6. The topological polar surface area (TPSA) is 80.2 Å². The number of aromatic hydroxyl groups is 1. The molecule has 6 nitrogen and oxygen atoms in total. The summed E-state index contributed by atoms with van der Waals surface area (Å²) < 4.78 is 11.3. The number of aryl methyl sites for hydroxylation is 1. The maximum absolute atomic E-state index is 11.8. The number of rotatable bonds is 8. The molecule has 2 rings (SSSR count). The monoisotopic (exact) mass is 420 g/mol. The summed E-state index contributed by atoms with van der Waals surface area (Å²) >= 11 is 3.45. The fraction of sp³-hybridized carbons (Fsp3) is 0.263. The molecule has 2 aromatic carbocycles. The van der Waals surface area contributed by atoms with Gasteiger partial charge in [0.25, 0.3) is 5.91 Å². The van der Waals surface area contributed by atoms with Crippen LogP contribution in [0.1, 0.15) is 24.5 Å². The molecule has 0 bridgehead atoms. The molecule has 26 heavy (non-hydrogen) atoms. The third-order valence-corrected chi connectivity index (χ3v) is 4.12. The molecule has 138 valence electrons. The Labute approximate surface area is 161 Å². The van der Waals surface area contributed by atoms with Crippen LogP contribution in [0.15, 0.2) is 46.0 Å². The molecular formula is C19H21BrN2O4. The van der Waals surface area contributed by atoms with Crippen molar-refractivity contribution in [3.05, 3.63) is 52.0 Å². The van der Waals surface area contributed by atoms with Crippen molar-refractivity contribution in [2.24, 2.45) is 5.10 Å². The van der Waals surface area contributed by atoms with Crippen molar-refractivity contribution in [3.8, 4) is 17.2 Å². The second kappa shape index (κ2) is 9.82. The standard InChI is InChI=1S/C19H21BrN2O4/c1-3-4-13-5-7-17(15(20)9-13)26-12-19(24)22-21-11-14-6-8-18(25-2)16(23)10-14/h5-11,23H,3-4,12H2,1-2H3,(H,22,24)/b21-11+. The van der Waals surface area contributed by atoms with E-state index in [1.807, 2.05) is 18.2 Å². The van der Waals surface area contributed by atoms with Gasteiger partial charge in [-0.3, -0.25) is 4.79 Å². The van der Waals surface area contributed by atoms with Crippen LogP contribution in [0.25, 0.3) is 0 Å². The van der Waals surface area contributed by atoms with Crippen molar-refractivity contribution in [2.45, 2.75) is 19.8 Å². The number of hydrogen-bond donors (Lipinski definition) is 2. The number of phenolic OH excluding ortho intramolecular Hbond substituents is 1. The van der Waals surface area contributed by atoms with Gasteiger partial charge in [-0.15, -0.1) is 0 Å². The Bertz CT molecular complexity index is 793. The van der Waals surface area contributed by atoms with Crippen LogP contribution in [-0.4, -0.2) is 30.9 Å². The van der Waals surface area contributed by atoms with Crippen molar-refractivity contribution in [3.63, 3.8) is 0 Å². The maximum atomic E-state index is 11.8. The smallest absolute Gasteiger partial charge is 0.277 e. The van der Waals surface area contributed by atoms with E-state index in [1.165, 1.54) is 25.0 Å². The van der Waals surface area contributed by atoms with Crippen LogP contribution in [0.3, 0.4) is 0 Å². The number of halogens is 1. The van der Waals surface area contributed by atoms with Crippen LogP contribution < -0.4 is 14.9 Å². The van der Waals surface area contributed by atoms with E-state index in [9.17, 15) is 9.90 Å². The highest BCUT2D eigenvalue weighted by molar-refractivity contribution is 9.10. The first kappa shape index (κ1) is 19.8. The molecule has 0 saturated carbocycles. The Morgan fingerprint density at radius 1 is 1.27 bits per heavy atom. The molecule has 2 aromatic rings. The van der Waals surface area contributed by atoms with Gasteiger partial charge < -0.3 is 14.6 Å². The number of ether oxygens (including phenoxy) is 2. The zero-order valence-corrected chi connectivity index (χ0v) is 16.2. The molecule has 0 aromatic heterocycles.